The van der Waals surface area contributed by atoms with E-state index in [4.69, 9.17) is 0 Å². The molecule has 0 aliphatic carbocycles. The summed E-state index contributed by atoms with van der Waals surface area (Å²) >= 11 is 1.49. The molecule has 0 bridgehead atoms. The Bertz CT molecular complexity index is 447. The summed E-state index contributed by atoms with van der Waals surface area (Å²) in [6, 6.07) is 2.02. The monoisotopic (exact) mass is 295 g/mol. The molecule has 0 aromatic carbocycles. The maximum Gasteiger partial charge on any atom is 0.252 e. The summed E-state index contributed by atoms with van der Waals surface area (Å²) < 4.78 is 0. The van der Waals surface area contributed by atoms with Gasteiger partial charge >= 0.3 is 0 Å². The van der Waals surface area contributed by atoms with Gasteiger partial charge in [-0.25, -0.2) is 0 Å². The van der Waals surface area contributed by atoms with Gasteiger partial charge in [0.15, 0.2) is 0 Å². The molecule has 2 heterocycles. The molecular formula is C14H21N3O2S. The summed E-state index contributed by atoms with van der Waals surface area (Å²) in [7, 11) is 0. The average Bonchev–Trinajstić information content (AvgIpc) is 2.95. The van der Waals surface area contributed by atoms with Gasteiger partial charge in [-0.15, -0.1) is 0 Å². The van der Waals surface area contributed by atoms with Crippen molar-refractivity contribution < 1.29 is 9.59 Å². The van der Waals surface area contributed by atoms with Crippen molar-refractivity contribution in [2.75, 3.05) is 19.6 Å². The van der Waals surface area contributed by atoms with Crippen LogP contribution in [0.25, 0.3) is 0 Å². The molecule has 2 amide bonds. The van der Waals surface area contributed by atoms with Gasteiger partial charge in [-0.05, 0) is 36.9 Å². The highest BCUT2D eigenvalue weighted by atomic mass is 32.1. The topological polar surface area (TPSA) is 70.2 Å². The number of amides is 2. The first kappa shape index (κ1) is 15.0. The van der Waals surface area contributed by atoms with E-state index in [0.29, 0.717) is 24.4 Å². The van der Waals surface area contributed by atoms with Crippen molar-refractivity contribution in [3.63, 3.8) is 0 Å². The van der Waals surface area contributed by atoms with Crippen LogP contribution in [0.4, 0.5) is 0 Å². The predicted molar refractivity (Wildman–Crippen MR) is 79.9 cm³/mol. The summed E-state index contributed by atoms with van der Waals surface area (Å²) in [5.74, 6) is 0.344. The van der Waals surface area contributed by atoms with Gasteiger partial charge in [-0.3, -0.25) is 9.59 Å². The Morgan fingerprint density at radius 2 is 2.35 bits per heavy atom. The molecule has 2 rings (SSSR count). The molecule has 0 spiro atoms. The number of hydrogen-bond donors (Lipinski definition) is 3. The Hall–Kier alpha value is -1.40. The molecule has 0 radical (unpaired) electrons. The lowest BCUT2D eigenvalue weighted by Crippen LogP contribution is -2.48. The zero-order chi connectivity index (χ0) is 14.4. The molecule has 1 fully saturated rings. The van der Waals surface area contributed by atoms with Crippen LogP contribution in [-0.2, 0) is 4.79 Å². The van der Waals surface area contributed by atoms with Gasteiger partial charge < -0.3 is 16.0 Å². The molecule has 1 aliphatic heterocycles. The van der Waals surface area contributed by atoms with E-state index in [1.165, 1.54) is 11.3 Å². The highest BCUT2D eigenvalue weighted by molar-refractivity contribution is 7.08. The van der Waals surface area contributed by atoms with Crippen LogP contribution in [0.5, 0.6) is 0 Å². The van der Waals surface area contributed by atoms with Crippen LogP contribution in [0.1, 0.15) is 30.1 Å². The fraction of sp³-hybridized carbons (Fsp3) is 0.571. The lowest BCUT2D eigenvalue weighted by Gasteiger charge is -2.30. The highest BCUT2D eigenvalue weighted by Gasteiger charge is 2.22. The van der Waals surface area contributed by atoms with Crippen LogP contribution in [0.2, 0.25) is 0 Å². The summed E-state index contributed by atoms with van der Waals surface area (Å²) in [5, 5.41) is 12.8. The second kappa shape index (κ2) is 7.40. The molecule has 110 valence electrons. The molecule has 1 aromatic rings. The Labute approximate surface area is 123 Å². The maximum absolute atomic E-state index is 11.8. The second-order valence-electron chi connectivity index (χ2n) is 5.16. The molecule has 2 atom stereocenters. The minimum Gasteiger partial charge on any atom is -0.353 e. The van der Waals surface area contributed by atoms with Crippen molar-refractivity contribution in [2.24, 2.45) is 5.92 Å². The van der Waals surface area contributed by atoms with Crippen LogP contribution < -0.4 is 16.0 Å². The number of carbonyl (C=O) groups excluding carboxylic acids is 2. The van der Waals surface area contributed by atoms with Gasteiger partial charge in [0.25, 0.3) is 5.91 Å². The van der Waals surface area contributed by atoms with Crippen molar-refractivity contribution in [1.82, 2.24) is 16.0 Å². The Morgan fingerprint density at radius 1 is 1.50 bits per heavy atom. The van der Waals surface area contributed by atoms with Crippen LogP contribution >= 0.6 is 11.3 Å². The number of piperidine rings is 1. The molecule has 2 unspecified atom stereocenters. The van der Waals surface area contributed by atoms with E-state index in [1.807, 2.05) is 5.38 Å². The zero-order valence-electron chi connectivity index (χ0n) is 11.6. The first-order valence-corrected chi connectivity index (χ1v) is 7.91. The van der Waals surface area contributed by atoms with E-state index in [0.717, 1.165) is 19.5 Å². The van der Waals surface area contributed by atoms with E-state index in [9.17, 15) is 9.59 Å². The summed E-state index contributed by atoms with van der Waals surface area (Å²) in [6.45, 7) is 4.40. The number of thiophene rings is 1. The van der Waals surface area contributed by atoms with E-state index < -0.39 is 0 Å². The van der Waals surface area contributed by atoms with E-state index in [2.05, 4.69) is 22.9 Å². The minimum absolute atomic E-state index is 0.00867. The Kier molecular flexibility index (Phi) is 5.55. The summed E-state index contributed by atoms with van der Waals surface area (Å²) in [6.07, 6.45) is 1.29. The van der Waals surface area contributed by atoms with Crippen molar-refractivity contribution >= 4 is 23.2 Å². The molecule has 1 aromatic heterocycles. The minimum atomic E-state index is -0.116. The Morgan fingerprint density at radius 3 is 3.05 bits per heavy atom. The van der Waals surface area contributed by atoms with Crippen molar-refractivity contribution in [1.29, 1.82) is 0 Å². The first-order chi connectivity index (χ1) is 9.66. The first-order valence-electron chi connectivity index (χ1n) is 6.97. The highest BCUT2D eigenvalue weighted by Crippen LogP contribution is 2.10. The summed E-state index contributed by atoms with van der Waals surface area (Å²) in [4.78, 5) is 23.5. The van der Waals surface area contributed by atoms with Crippen molar-refractivity contribution in [2.45, 2.75) is 25.8 Å². The third-order valence-electron chi connectivity index (χ3n) is 3.55. The molecule has 5 nitrogen and oxygen atoms in total. The second-order valence-corrected chi connectivity index (χ2v) is 5.94. The SMILES string of the molecule is CC1CNCCC1NC(=O)CCNC(=O)c1ccsc1. The predicted octanol–water partition coefficient (Wildman–Crippen LogP) is 0.982. The van der Waals surface area contributed by atoms with Gasteiger partial charge in [0.2, 0.25) is 5.91 Å². The van der Waals surface area contributed by atoms with Gasteiger partial charge in [0.1, 0.15) is 0 Å². The molecule has 1 saturated heterocycles. The lowest BCUT2D eigenvalue weighted by molar-refractivity contribution is -0.122. The molecule has 6 heteroatoms. The number of hydrogen-bond acceptors (Lipinski definition) is 4. The number of nitrogens with one attached hydrogen (secondary N) is 3. The molecular weight excluding hydrogens is 274 g/mol. The van der Waals surface area contributed by atoms with Crippen LogP contribution in [-0.4, -0.2) is 37.5 Å². The van der Waals surface area contributed by atoms with Crippen LogP contribution in [0.15, 0.2) is 16.8 Å². The third-order valence-corrected chi connectivity index (χ3v) is 4.24. The average molecular weight is 295 g/mol. The van der Waals surface area contributed by atoms with Crippen molar-refractivity contribution in [3.05, 3.63) is 22.4 Å². The molecule has 20 heavy (non-hydrogen) atoms. The van der Waals surface area contributed by atoms with E-state index in [1.54, 1.807) is 11.4 Å². The fourth-order valence-electron chi connectivity index (χ4n) is 2.29. The summed E-state index contributed by atoms with van der Waals surface area (Å²) in [5.41, 5.74) is 0.655. The van der Waals surface area contributed by atoms with E-state index >= 15 is 0 Å². The molecule has 1 aliphatic rings. The van der Waals surface area contributed by atoms with Gasteiger partial charge in [-0.1, -0.05) is 6.92 Å². The number of rotatable bonds is 5. The van der Waals surface area contributed by atoms with Gasteiger partial charge in [0, 0.05) is 30.0 Å². The third kappa shape index (κ3) is 4.31. The lowest BCUT2D eigenvalue weighted by atomic mass is 9.95. The molecule has 3 N–H and O–H groups in total. The largest absolute Gasteiger partial charge is 0.353 e. The van der Waals surface area contributed by atoms with Gasteiger partial charge in [-0.2, -0.15) is 11.3 Å². The normalized spacial score (nSPS) is 22.2. The van der Waals surface area contributed by atoms with Crippen LogP contribution in [0, 0.1) is 5.92 Å². The van der Waals surface area contributed by atoms with Crippen LogP contribution in [0.3, 0.4) is 0 Å². The quantitative estimate of drug-likeness (QED) is 0.758. The van der Waals surface area contributed by atoms with Gasteiger partial charge in [0.05, 0.1) is 0 Å². The van der Waals surface area contributed by atoms with E-state index in [-0.39, 0.29) is 17.9 Å². The smallest absolute Gasteiger partial charge is 0.252 e. The Balaban J connectivity index is 1.66. The maximum atomic E-state index is 11.8. The molecule has 0 saturated carbocycles. The van der Waals surface area contributed by atoms with Crippen molar-refractivity contribution in [3.8, 4) is 0 Å². The standard InChI is InChI=1S/C14H21N3O2S/c1-10-8-15-5-2-12(10)17-13(18)3-6-16-14(19)11-4-7-20-9-11/h4,7,9-10,12,15H,2-3,5-6,8H2,1H3,(H,16,19)(H,17,18). The number of carbonyl (C=O) groups is 2. The fourth-order valence-corrected chi connectivity index (χ4v) is 2.93. The zero-order valence-corrected chi connectivity index (χ0v) is 12.5.